The van der Waals surface area contributed by atoms with Gasteiger partial charge in [-0.05, 0) is 12.1 Å². The molecule has 1 aromatic carbocycles. The monoisotopic (exact) mass is 295 g/mol. The smallest absolute Gasteiger partial charge is 0.273 e. The standard InChI is InChI=1S/C13H14FN3O2S/c1-17(12(18)11-8-20-13(15)16-11)5-6-19-10-4-2-3-9(14)7-10/h2-4,7-8H,5-6H2,1H3,(H2,15,16). The third kappa shape index (κ3) is 3.67. The summed E-state index contributed by atoms with van der Waals surface area (Å²) in [6, 6.07) is 5.86. The number of thiazole rings is 1. The van der Waals surface area contributed by atoms with Crippen molar-refractivity contribution < 1.29 is 13.9 Å². The van der Waals surface area contributed by atoms with Crippen LogP contribution in [0, 0.1) is 5.82 Å². The van der Waals surface area contributed by atoms with Gasteiger partial charge in [-0.15, -0.1) is 11.3 Å². The van der Waals surface area contributed by atoms with Crippen LogP contribution < -0.4 is 10.5 Å². The average molecular weight is 295 g/mol. The van der Waals surface area contributed by atoms with E-state index >= 15 is 0 Å². The second kappa shape index (κ2) is 6.33. The number of carbonyl (C=O) groups excluding carboxylic acids is 1. The van der Waals surface area contributed by atoms with Crippen LogP contribution in [-0.2, 0) is 0 Å². The molecule has 0 atom stereocenters. The van der Waals surface area contributed by atoms with Crippen LogP contribution in [0.25, 0.3) is 0 Å². The zero-order valence-electron chi connectivity index (χ0n) is 10.9. The molecule has 2 rings (SSSR count). The van der Waals surface area contributed by atoms with E-state index in [9.17, 15) is 9.18 Å². The summed E-state index contributed by atoms with van der Waals surface area (Å²) in [6.07, 6.45) is 0. The molecule has 2 N–H and O–H groups in total. The lowest BCUT2D eigenvalue weighted by Crippen LogP contribution is -2.31. The van der Waals surface area contributed by atoms with E-state index in [-0.39, 0.29) is 18.3 Å². The maximum atomic E-state index is 12.9. The number of halogens is 1. The van der Waals surface area contributed by atoms with E-state index in [0.717, 1.165) is 0 Å². The molecule has 1 heterocycles. The van der Waals surface area contributed by atoms with Gasteiger partial charge in [0.05, 0.1) is 6.54 Å². The van der Waals surface area contributed by atoms with Crippen LogP contribution in [0.1, 0.15) is 10.5 Å². The third-order valence-corrected chi connectivity index (χ3v) is 3.25. The number of nitrogens with zero attached hydrogens (tertiary/aromatic N) is 2. The molecule has 106 valence electrons. The van der Waals surface area contributed by atoms with Crippen molar-refractivity contribution in [1.29, 1.82) is 0 Å². The minimum atomic E-state index is -0.357. The number of anilines is 1. The van der Waals surface area contributed by atoms with Crippen molar-refractivity contribution in [3.05, 3.63) is 41.2 Å². The van der Waals surface area contributed by atoms with E-state index in [4.69, 9.17) is 10.5 Å². The lowest BCUT2D eigenvalue weighted by atomic mass is 10.3. The number of likely N-dealkylation sites (N-methyl/N-ethyl adjacent to an activating group) is 1. The molecule has 2 aromatic rings. The highest BCUT2D eigenvalue weighted by Gasteiger charge is 2.14. The Balaban J connectivity index is 1.83. The molecule has 7 heteroatoms. The summed E-state index contributed by atoms with van der Waals surface area (Å²) in [6.45, 7) is 0.637. The first-order valence-electron chi connectivity index (χ1n) is 5.91. The van der Waals surface area contributed by atoms with E-state index in [1.807, 2.05) is 0 Å². The van der Waals surface area contributed by atoms with Crippen molar-refractivity contribution in [2.75, 3.05) is 25.9 Å². The minimum Gasteiger partial charge on any atom is -0.492 e. The molecular formula is C13H14FN3O2S. The molecule has 0 bridgehead atoms. The fraction of sp³-hybridized carbons (Fsp3) is 0.231. The van der Waals surface area contributed by atoms with Crippen molar-refractivity contribution in [2.45, 2.75) is 0 Å². The quantitative estimate of drug-likeness (QED) is 0.916. The first-order chi connectivity index (χ1) is 9.56. The number of ether oxygens (including phenoxy) is 1. The predicted molar refractivity (Wildman–Crippen MR) is 75.4 cm³/mol. The van der Waals surface area contributed by atoms with Crippen LogP contribution in [0.2, 0.25) is 0 Å². The van der Waals surface area contributed by atoms with Gasteiger partial charge in [0.25, 0.3) is 5.91 Å². The molecule has 20 heavy (non-hydrogen) atoms. The maximum absolute atomic E-state index is 12.9. The van der Waals surface area contributed by atoms with E-state index < -0.39 is 0 Å². The highest BCUT2D eigenvalue weighted by Crippen LogP contribution is 2.13. The van der Waals surface area contributed by atoms with E-state index in [1.54, 1.807) is 24.6 Å². The number of benzene rings is 1. The molecule has 0 saturated heterocycles. The first-order valence-corrected chi connectivity index (χ1v) is 6.79. The van der Waals surface area contributed by atoms with Gasteiger partial charge in [-0.25, -0.2) is 9.37 Å². The Morgan fingerprint density at radius 1 is 1.55 bits per heavy atom. The van der Waals surface area contributed by atoms with Gasteiger partial charge in [0.2, 0.25) is 0 Å². The van der Waals surface area contributed by atoms with Gasteiger partial charge in [0, 0.05) is 18.5 Å². The molecule has 1 aromatic heterocycles. The summed E-state index contributed by atoms with van der Waals surface area (Å²) < 4.78 is 18.3. The van der Waals surface area contributed by atoms with Gasteiger partial charge in [0.15, 0.2) is 5.13 Å². The van der Waals surface area contributed by atoms with Gasteiger partial charge in [-0.3, -0.25) is 4.79 Å². The second-order valence-electron chi connectivity index (χ2n) is 4.10. The summed E-state index contributed by atoms with van der Waals surface area (Å²) in [5.74, 6) is -0.144. The Hall–Kier alpha value is -2.15. The number of nitrogens with two attached hydrogens (primary N) is 1. The molecule has 0 aliphatic carbocycles. The molecule has 0 aliphatic rings. The largest absolute Gasteiger partial charge is 0.492 e. The number of carbonyl (C=O) groups is 1. The molecule has 0 aliphatic heterocycles. The van der Waals surface area contributed by atoms with Crippen molar-refractivity contribution in [3.8, 4) is 5.75 Å². The number of hydrogen-bond acceptors (Lipinski definition) is 5. The summed E-state index contributed by atoms with van der Waals surface area (Å²) in [5.41, 5.74) is 5.80. The molecule has 5 nitrogen and oxygen atoms in total. The lowest BCUT2D eigenvalue weighted by molar-refractivity contribution is 0.0769. The Morgan fingerprint density at radius 3 is 3.00 bits per heavy atom. The normalized spacial score (nSPS) is 10.3. The summed E-state index contributed by atoms with van der Waals surface area (Å²) in [7, 11) is 1.65. The van der Waals surface area contributed by atoms with Crippen LogP contribution in [0.4, 0.5) is 9.52 Å². The van der Waals surface area contributed by atoms with Gasteiger partial charge in [0.1, 0.15) is 23.9 Å². The fourth-order valence-corrected chi connectivity index (χ4v) is 2.08. The molecule has 0 spiro atoms. The van der Waals surface area contributed by atoms with E-state index in [2.05, 4.69) is 4.98 Å². The fourth-order valence-electron chi connectivity index (χ4n) is 1.54. The predicted octanol–water partition coefficient (Wildman–Crippen LogP) is 2.02. The van der Waals surface area contributed by atoms with Crippen LogP contribution in [-0.4, -0.2) is 36.0 Å². The Kier molecular flexibility index (Phi) is 4.52. The third-order valence-electron chi connectivity index (χ3n) is 2.58. The van der Waals surface area contributed by atoms with Gasteiger partial charge in [-0.1, -0.05) is 6.07 Å². The van der Waals surface area contributed by atoms with Gasteiger partial charge < -0.3 is 15.4 Å². The zero-order chi connectivity index (χ0) is 14.5. The molecule has 1 amide bonds. The first kappa shape index (κ1) is 14.3. The van der Waals surface area contributed by atoms with Gasteiger partial charge >= 0.3 is 0 Å². The molecule has 0 saturated carbocycles. The Labute approximate surface area is 119 Å². The van der Waals surface area contributed by atoms with Gasteiger partial charge in [-0.2, -0.15) is 0 Å². The summed E-state index contributed by atoms with van der Waals surface area (Å²) in [4.78, 5) is 17.4. The topological polar surface area (TPSA) is 68.5 Å². The zero-order valence-corrected chi connectivity index (χ0v) is 11.7. The SMILES string of the molecule is CN(CCOc1cccc(F)c1)C(=O)c1csc(N)n1. The molecular weight excluding hydrogens is 281 g/mol. The maximum Gasteiger partial charge on any atom is 0.273 e. The minimum absolute atomic E-state index is 0.221. The van der Waals surface area contributed by atoms with Crippen molar-refractivity contribution in [1.82, 2.24) is 9.88 Å². The average Bonchev–Trinajstić information content (AvgIpc) is 2.84. The van der Waals surface area contributed by atoms with Crippen molar-refractivity contribution in [3.63, 3.8) is 0 Å². The Bertz CT molecular complexity index is 603. The number of aromatic nitrogens is 1. The van der Waals surface area contributed by atoms with Crippen LogP contribution in [0.5, 0.6) is 5.75 Å². The lowest BCUT2D eigenvalue weighted by Gasteiger charge is -2.16. The highest BCUT2D eigenvalue weighted by atomic mass is 32.1. The van der Waals surface area contributed by atoms with E-state index in [0.29, 0.717) is 23.1 Å². The summed E-state index contributed by atoms with van der Waals surface area (Å²) >= 11 is 1.22. The number of nitrogen functional groups attached to an aromatic ring is 1. The second-order valence-corrected chi connectivity index (χ2v) is 4.99. The van der Waals surface area contributed by atoms with Crippen molar-refractivity contribution >= 4 is 22.4 Å². The number of amides is 1. The van der Waals surface area contributed by atoms with Crippen LogP contribution in [0.15, 0.2) is 29.6 Å². The molecule has 0 radical (unpaired) electrons. The molecule has 0 fully saturated rings. The molecule has 0 unspecified atom stereocenters. The van der Waals surface area contributed by atoms with E-state index in [1.165, 1.54) is 28.4 Å². The van der Waals surface area contributed by atoms with Crippen molar-refractivity contribution in [2.24, 2.45) is 0 Å². The van der Waals surface area contributed by atoms with Crippen LogP contribution >= 0.6 is 11.3 Å². The number of hydrogen-bond donors (Lipinski definition) is 1. The Morgan fingerprint density at radius 2 is 2.35 bits per heavy atom. The highest BCUT2D eigenvalue weighted by molar-refractivity contribution is 7.13. The summed E-state index contributed by atoms with van der Waals surface area (Å²) in [5, 5.41) is 1.97. The number of rotatable bonds is 5. The van der Waals surface area contributed by atoms with Crippen LogP contribution in [0.3, 0.4) is 0 Å².